The Labute approximate surface area is 163 Å². The van der Waals surface area contributed by atoms with Crippen LogP contribution in [0.1, 0.15) is 40.5 Å². The molecule has 0 aromatic heterocycles. The average Bonchev–Trinajstić information content (AvgIpc) is 2.68. The van der Waals surface area contributed by atoms with Gasteiger partial charge in [0.15, 0.2) is 0 Å². The highest BCUT2D eigenvalue weighted by Crippen LogP contribution is 2.21. The number of likely N-dealkylation sites (N-methyl/N-ethyl adjacent to an activating group) is 1. The fourth-order valence-corrected chi connectivity index (χ4v) is 3.96. The first kappa shape index (κ1) is 21.7. The second kappa shape index (κ2) is 10.1. The van der Waals surface area contributed by atoms with Gasteiger partial charge in [-0.2, -0.15) is 0 Å². The Morgan fingerprint density at radius 1 is 0.889 bits per heavy atom. The molecule has 0 bridgehead atoms. The summed E-state index contributed by atoms with van der Waals surface area (Å²) in [6, 6.07) is 0. The maximum atomic E-state index is 12.8. The maximum Gasteiger partial charge on any atom is 0.236 e. The van der Waals surface area contributed by atoms with Crippen molar-refractivity contribution in [3.8, 4) is 0 Å². The number of hydrogen-bond donors (Lipinski definition) is 0. The van der Waals surface area contributed by atoms with Crippen LogP contribution in [0.15, 0.2) is 0 Å². The van der Waals surface area contributed by atoms with Crippen molar-refractivity contribution in [1.29, 1.82) is 0 Å². The van der Waals surface area contributed by atoms with Gasteiger partial charge in [0.2, 0.25) is 17.7 Å². The number of piperazine rings is 1. The van der Waals surface area contributed by atoms with Crippen LogP contribution in [0.5, 0.6) is 0 Å². The van der Waals surface area contributed by atoms with Crippen LogP contribution in [0, 0.1) is 11.8 Å². The molecule has 154 valence electrons. The molecule has 0 aromatic carbocycles. The van der Waals surface area contributed by atoms with E-state index in [9.17, 15) is 14.4 Å². The molecule has 7 nitrogen and oxygen atoms in total. The van der Waals surface area contributed by atoms with E-state index in [4.69, 9.17) is 0 Å². The molecule has 7 heteroatoms. The van der Waals surface area contributed by atoms with Gasteiger partial charge in [0.25, 0.3) is 0 Å². The summed E-state index contributed by atoms with van der Waals surface area (Å²) in [4.78, 5) is 45.0. The second-order valence-electron chi connectivity index (χ2n) is 7.92. The molecule has 2 aliphatic heterocycles. The van der Waals surface area contributed by atoms with Crippen molar-refractivity contribution in [1.82, 2.24) is 19.6 Å². The first-order chi connectivity index (χ1) is 12.9. The summed E-state index contributed by atoms with van der Waals surface area (Å²) < 4.78 is 0. The monoisotopic (exact) mass is 380 g/mol. The summed E-state index contributed by atoms with van der Waals surface area (Å²) in [6.45, 7) is 14.0. The molecular formula is C20H36N4O3. The lowest BCUT2D eigenvalue weighted by atomic mass is 9.94. The number of likely N-dealkylation sites (tertiary alicyclic amines) is 1. The molecule has 2 heterocycles. The quantitative estimate of drug-likeness (QED) is 0.687. The molecule has 0 aliphatic carbocycles. The summed E-state index contributed by atoms with van der Waals surface area (Å²) in [5.41, 5.74) is 0. The predicted octanol–water partition coefficient (Wildman–Crippen LogP) is 0.894. The normalized spacial score (nSPS) is 19.4. The van der Waals surface area contributed by atoms with Crippen molar-refractivity contribution < 1.29 is 14.4 Å². The summed E-state index contributed by atoms with van der Waals surface area (Å²) >= 11 is 0. The first-order valence-electron chi connectivity index (χ1n) is 10.4. The third kappa shape index (κ3) is 5.67. The van der Waals surface area contributed by atoms with E-state index in [1.807, 2.05) is 42.4 Å². The number of amides is 3. The fraction of sp³-hybridized carbons (Fsp3) is 0.850. The molecule has 2 rings (SSSR count). The number of rotatable bonds is 6. The molecule has 0 spiro atoms. The highest BCUT2D eigenvalue weighted by Gasteiger charge is 2.32. The van der Waals surface area contributed by atoms with Gasteiger partial charge in [0.05, 0.1) is 6.54 Å². The van der Waals surface area contributed by atoms with Gasteiger partial charge < -0.3 is 14.7 Å². The van der Waals surface area contributed by atoms with E-state index < -0.39 is 0 Å². The van der Waals surface area contributed by atoms with Crippen molar-refractivity contribution >= 4 is 17.7 Å². The van der Waals surface area contributed by atoms with Crippen LogP contribution < -0.4 is 0 Å². The van der Waals surface area contributed by atoms with Crippen LogP contribution in [-0.4, -0.2) is 96.2 Å². The number of hydrogen-bond acceptors (Lipinski definition) is 4. The van der Waals surface area contributed by atoms with Crippen molar-refractivity contribution in [2.24, 2.45) is 11.8 Å². The Balaban J connectivity index is 1.75. The van der Waals surface area contributed by atoms with Crippen LogP contribution >= 0.6 is 0 Å². The summed E-state index contributed by atoms with van der Waals surface area (Å²) in [6.07, 6.45) is 1.52. The molecule has 0 aromatic rings. The van der Waals surface area contributed by atoms with Crippen molar-refractivity contribution in [2.45, 2.75) is 40.5 Å². The summed E-state index contributed by atoms with van der Waals surface area (Å²) in [7, 11) is 0. The van der Waals surface area contributed by atoms with Gasteiger partial charge >= 0.3 is 0 Å². The zero-order chi connectivity index (χ0) is 20.0. The Morgan fingerprint density at radius 3 is 1.93 bits per heavy atom. The molecular weight excluding hydrogens is 344 g/mol. The first-order valence-corrected chi connectivity index (χ1v) is 10.4. The molecule has 0 radical (unpaired) electrons. The van der Waals surface area contributed by atoms with E-state index in [-0.39, 0.29) is 29.6 Å². The topological polar surface area (TPSA) is 64.2 Å². The summed E-state index contributed by atoms with van der Waals surface area (Å²) in [5.74, 6) is 0.630. The van der Waals surface area contributed by atoms with Crippen molar-refractivity contribution in [2.75, 3.05) is 58.9 Å². The fourth-order valence-electron chi connectivity index (χ4n) is 3.96. The van der Waals surface area contributed by atoms with Gasteiger partial charge in [0.1, 0.15) is 0 Å². The lowest BCUT2D eigenvalue weighted by Gasteiger charge is -2.39. The summed E-state index contributed by atoms with van der Waals surface area (Å²) in [5, 5.41) is 0. The molecule has 2 fully saturated rings. The minimum Gasteiger partial charge on any atom is -0.342 e. The Bertz CT molecular complexity index is 517. The minimum atomic E-state index is 0.0179. The molecule has 0 N–H and O–H groups in total. The number of carbonyl (C=O) groups is 3. The van der Waals surface area contributed by atoms with Crippen molar-refractivity contribution in [3.63, 3.8) is 0 Å². The van der Waals surface area contributed by atoms with Gasteiger partial charge in [-0.3, -0.25) is 19.3 Å². The second-order valence-corrected chi connectivity index (χ2v) is 7.92. The third-order valence-corrected chi connectivity index (χ3v) is 5.81. The van der Waals surface area contributed by atoms with Gasteiger partial charge in [-0.1, -0.05) is 13.8 Å². The van der Waals surface area contributed by atoms with E-state index >= 15 is 0 Å². The van der Waals surface area contributed by atoms with Crippen LogP contribution in [-0.2, 0) is 14.4 Å². The Kier molecular flexibility index (Phi) is 8.07. The molecule has 27 heavy (non-hydrogen) atoms. The molecule has 3 amide bonds. The Morgan fingerprint density at radius 2 is 1.44 bits per heavy atom. The SMILES string of the molecule is CCN(CC)C(=O)CN1CCN(C(=O)C2CCN(C(=O)C(C)C)CC2)CC1. The predicted molar refractivity (Wildman–Crippen MR) is 105 cm³/mol. The van der Waals surface area contributed by atoms with Crippen LogP contribution in [0.3, 0.4) is 0 Å². The Hall–Kier alpha value is -1.63. The van der Waals surface area contributed by atoms with Crippen LogP contribution in [0.2, 0.25) is 0 Å². The number of piperidine rings is 1. The van der Waals surface area contributed by atoms with E-state index in [0.717, 1.165) is 39.0 Å². The van der Waals surface area contributed by atoms with Gasteiger partial charge in [-0.05, 0) is 26.7 Å². The van der Waals surface area contributed by atoms with Gasteiger partial charge in [-0.25, -0.2) is 0 Å². The number of carbonyl (C=O) groups excluding carboxylic acids is 3. The highest BCUT2D eigenvalue weighted by atomic mass is 16.2. The van der Waals surface area contributed by atoms with Crippen LogP contribution in [0.4, 0.5) is 0 Å². The lowest BCUT2D eigenvalue weighted by molar-refractivity contribution is -0.143. The number of nitrogens with zero attached hydrogens (tertiary/aromatic N) is 4. The molecule has 2 saturated heterocycles. The highest BCUT2D eigenvalue weighted by molar-refractivity contribution is 5.81. The molecule has 0 saturated carbocycles. The largest absolute Gasteiger partial charge is 0.342 e. The maximum absolute atomic E-state index is 12.8. The van der Waals surface area contributed by atoms with Gasteiger partial charge in [-0.15, -0.1) is 0 Å². The zero-order valence-electron chi connectivity index (χ0n) is 17.4. The van der Waals surface area contributed by atoms with E-state index in [2.05, 4.69) is 4.90 Å². The van der Waals surface area contributed by atoms with E-state index in [1.165, 1.54) is 0 Å². The molecule has 0 atom stereocenters. The molecule has 2 aliphatic rings. The molecule has 0 unspecified atom stereocenters. The van der Waals surface area contributed by atoms with E-state index in [0.29, 0.717) is 32.7 Å². The van der Waals surface area contributed by atoms with Crippen molar-refractivity contribution in [3.05, 3.63) is 0 Å². The van der Waals surface area contributed by atoms with Gasteiger partial charge in [0, 0.05) is 64.2 Å². The lowest BCUT2D eigenvalue weighted by Crippen LogP contribution is -2.53. The smallest absolute Gasteiger partial charge is 0.236 e. The minimum absolute atomic E-state index is 0.0179. The van der Waals surface area contributed by atoms with Crippen LogP contribution in [0.25, 0.3) is 0 Å². The standard InChI is InChI=1S/C20H36N4O3/c1-5-22(6-2)18(25)15-21-11-13-24(14-12-21)20(27)17-7-9-23(10-8-17)19(26)16(3)4/h16-17H,5-15H2,1-4H3. The van der Waals surface area contributed by atoms with E-state index in [1.54, 1.807) is 0 Å². The third-order valence-electron chi connectivity index (χ3n) is 5.81. The average molecular weight is 381 g/mol. The zero-order valence-corrected chi connectivity index (χ0v) is 17.4.